The van der Waals surface area contributed by atoms with E-state index in [1.54, 1.807) is 30.0 Å². The molecular weight excluding hydrogens is 341 g/mol. The number of halogens is 2. The Bertz CT molecular complexity index is 641. The number of rotatable bonds is 8. The van der Waals surface area contributed by atoms with Crippen molar-refractivity contribution >= 4 is 35.0 Å². The molecule has 0 atom stereocenters. The standard InChI is InChI=1S/C15H15Cl2N3OS/c1-2-9-20-14(18-19-15(20)22-10-3-8-16)11-21-13-6-4-12(17)5-7-13/h2-8H,1,9-11H2/b8-3+. The second-order valence-corrected chi connectivity index (χ2v) is 5.89. The average Bonchev–Trinajstić information content (AvgIpc) is 2.90. The van der Waals surface area contributed by atoms with Crippen LogP contribution in [0, 0.1) is 0 Å². The van der Waals surface area contributed by atoms with Crippen LogP contribution in [0.1, 0.15) is 5.82 Å². The van der Waals surface area contributed by atoms with Crippen molar-refractivity contribution in [1.82, 2.24) is 14.8 Å². The number of benzene rings is 1. The van der Waals surface area contributed by atoms with E-state index in [1.807, 2.05) is 22.8 Å². The van der Waals surface area contributed by atoms with Crippen LogP contribution in [-0.4, -0.2) is 20.5 Å². The van der Waals surface area contributed by atoms with Gasteiger partial charge >= 0.3 is 0 Å². The van der Waals surface area contributed by atoms with E-state index in [1.165, 1.54) is 5.54 Å². The van der Waals surface area contributed by atoms with Crippen LogP contribution in [0.4, 0.5) is 0 Å². The number of ether oxygens (including phenoxy) is 1. The van der Waals surface area contributed by atoms with Gasteiger partial charge in [-0.25, -0.2) is 0 Å². The molecule has 1 heterocycles. The van der Waals surface area contributed by atoms with E-state index in [0.29, 0.717) is 18.2 Å². The number of allylic oxidation sites excluding steroid dienone is 1. The first kappa shape index (κ1) is 16.9. The lowest BCUT2D eigenvalue weighted by Gasteiger charge is -2.08. The van der Waals surface area contributed by atoms with E-state index in [-0.39, 0.29) is 0 Å². The largest absolute Gasteiger partial charge is 0.486 e. The van der Waals surface area contributed by atoms with Gasteiger partial charge in [0.15, 0.2) is 11.0 Å². The first-order valence-corrected chi connectivity index (χ1v) is 8.34. The Morgan fingerprint density at radius 1 is 1.27 bits per heavy atom. The summed E-state index contributed by atoms with van der Waals surface area (Å²) >= 11 is 12.9. The number of thioether (sulfide) groups is 1. The molecule has 0 radical (unpaired) electrons. The maximum absolute atomic E-state index is 5.85. The Morgan fingerprint density at radius 3 is 2.73 bits per heavy atom. The molecule has 0 unspecified atom stereocenters. The molecule has 22 heavy (non-hydrogen) atoms. The summed E-state index contributed by atoms with van der Waals surface area (Å²) in [6.07, 6.45) is 3.65. The predicted octanol–water partition coefficient (Wildman–Crippen LogP) is 4.54. The molecule has 1 aromatic heterocycles. The Hall–Kier alpha value is -1.43. The summed E-state index contributed by atoms with van der Waals surface area (Å²) in [4.78, 5) is 0. The maximum atomic E-state index is 5.85. The fourth-order valence-corrected chi connectivity index (χ4v) is 2.78. The monoisotopic (exact) mass is 355 g/mol. The lowest BCUT2D eigenvalue weighted by atomic mass is 10.3. The van der Waals surface area contributed by atoms with Crippen LogP contribution in [0.2, 0.25) is 5.02 Å². The second-order valence-electron chi connectivity index (χ2n) is 4.21. The van der Waals surface area contributed by atoms with Crippen molar-refractivity contribution in [3.8, 4) is 5.75 Å². The van der Waals surface area contributed by atoms with Crippen molar-refractivity contribution in [2.24, 2.45) is 0 Å². The van der Waals surface area contributed by atoms with Crippen LogP contribution < -0.4 is 4.74 Å². The molecule has 0 spiro atoms. The zero-order chi connectivity index (χ0) is 15.8. The van der Waals surface area contributed by atoms with E-state index in [0.717, 1.165) is 22.5 Å². The number of hydrogen-bond acceptors (Lipinski definition) is 4. The lowest BCUT2D eigenvalue weighted by Crippen LogP contribution is -2.07. The molecule has 0 aliphatic heterocycles. The summed E-state index contributed by atoms with van der Waals surface area (Å²) in [6, 6.07) is 7.20. The van der Waals surface area contributed by atoms with E-state index in [2.05, 4.69) is 16.8 Å². The van der Waals surface area contributed by atoms with E-state index in [9.17, 15) is 0 Å². The van der Waals surface area contributed by atoms with Gasteiger partial charge in [-0.05, 0) is 24.3 Å². The fourth-order valence-electron chi connectivity index (χ4n) is 1.68. The van der Waals surface area contributed by atoms with Crippen LogP contribution in [-0.2, 0) is 13.2 Å². The van der Waals surface area contributed by atoms with Crippen LogP contribution in [0.5, 0.6) is 5.75 Å². The third-order valence-electron chi connectivity index (χ3n) is 2.68. The first-order valence-electron chi connectivity index (χ1n) is 6.54. The minimum Gasteiger partial charge on any atom is -0.486 e. The maximum Gasteiger partial charge on any atom is 0.191 e. The molecule has 0 bridgehead atoms. The quantitative estimate of drug-likeness (QED) is 0.514. The van der Waals surface area contributed by atoms with Crippen molar-refractivity contribution in [2.75, 3.05) is 5.75 Å². The first-order chi connectivity index (χ1) is 10.7. The number of aromatic nitrogens is 3. The lowest BCUT2D eigenvalue weighted by molar-refractivity contribution is 0.289. The molecule has 7 heteroatoms. The highest BCUT2D eigenvalue weighted by atomic mass is 35.5. The molecule has 0 aliphatic carbocycles. The van der Waals surface area contributed by atoms with Gasteiger partial charge in [0.1, 0.15) is 12.4 Å². The van der Waals surface area contributed by atoms with Gasteiger partial charge in [-0.3, -0.25) is 4.57 Å². The van der Waals surface area contributed by atoms with Gasteiger partial charge in [-0.1, -0.05) is 47.1 Å². The summed E-state index contributed by atoms with van der Waals surface area (Å²) in [5.74, 6) is 2.21. The van der Waals surface area contributed by atoms with Gasteiger partial charge in [-0.2, -0.15) is 0 Å². The molecule has 0 amide bonds. The molecule has 116 valence electrons. The highest BCUT2D eigenvalue weighted by Crippen LogP contribution is 2.20. The van der Waals surface area contributed by atoms with Crippen LogP contribution >= 0.6 is 35.0 Å². The molecule has 0 fully saturated rings. The highest BCUT2D eigenvalue weighted by Gasteiger charge is 2.11. The predicted molar refractivity (Wildman–Crippen MR) is 91.7 cm³/mol. The van der Waals surface area contributed by atoms with Gasteiger partial charge in [0.2, 0.25) is 0 Å². The molecule has 2 aromatic rings. The molecule has 0 saturated heterocycles. The Labute approximate surface area is 143 Å². The SMILES string of the molecule is C=CCn1c(COc2ccc(Cl)cc2)nnc1SC/C=C/Cl. The summed E-state index contributed by atoms with van der Waals surface area (Å²) in [6.45, 7) is 4.72. The van der Waals surface area contributed by atoms with Crippen LogP contribution in [0.25, 0.3) is 0 Å². The zero-order valence-electron chi connectivity index (χ0n) is 11.8. The van der Waals surface area contributed by atoms with E-state index < -0.39 is 0 Å². The van der Waals surface area contributed by atoms with Gasteiger partial charge in [0.25, 0.3) is 0 Å². The Balaban J connectivity index is 2.05. The minimum absolute atomic E-state index is 0.328. The summed E-state index contributed by atoms with van der Waals surface area (Å²) < 4.78 is 7.68. The minimum atomic E-state index is 0.328. The molecule has 0 saturated carbocycles. The normalized spacial score (nSPS) is 11.0. The summed E-state index contributed by atoms with van der Waals surface area (Å²) in [5, 5.41) is 9.85. The number of hydrogen-bond donors (Lipinski definition) is 0. The van der Waals surface area contributed by atoms with Crippen molar-refractivity contribution in [2.45, 2.75) is 18.3 Å². The number of nitrogens with zero attached hydrogens (tertiary/aromatic N) is 3. The van der Waals surface area contributed by atoms with Gasteiger partial charge in [-0.15, -0.1) is 16.8 Å². The molecule has 0 aliphatic rings. The molecule has 4 nitrogen and oxygen atoms in total. The van der Waals surface area contributed by atoms with Crippen molar-refractivity contribution in [3.05, 3.63) is 59.4 Å². The fraction of sp³-hybridized carbons (Fsp3) is 0.200. The van der Waals surface area contributed by atoms with E-state index >= 15 is 0 Å². The van der Waals surface area contributed by atoms with Crippen molar-refractivity contribution < 1.29 is 4.74 Å². The average molecular weight is 356 g/mol. The third-order valence-corrected chi connectivity index (χ3v) is 4.03. The Kier molecular flexibility index (Phi) is 6.83. The Morgan fingerprint density at radius 2 is 2.05 bits per heavy atom. The highest BCUT2D eigenvalue weighted by molar-refractivity contribution is 7.99. The topological polar surface area (TPSA) is 39.9 Å². The van der Waals surface area contributed by atoms with Gasteiger partial charge in [0, 0.05) is 22.9 Å². The van der Waals surface area contributed by atoms with Crippen LogP contribution in [0.15, 0.2) is 53.7 Å². The van der Waals surface area contributed by atoms with E-state index in [4.69, 9.17) is 27.9 Å². The van der Waals surface area contributed by atoms with Gasteiger partial charge in [0.05, 0.1) is 0 Å². The smallest absolute Gasteiger partial charge is 0.191 e. The van der Waals surface area contributed by atoms with Crippen molar-refractivity contribution in [3.63, 3.8) is 0 Å². The second kappa shape index (κ2) is 8.88. The molecular formula is C15H15Cl2N3OS. The van der Waals surface area contributed by atoms with Gasteiger partial charge < -0.3 is 4.74 Å². The molecule has 0 N–H and O–H groups in total. The van der Waals surface area contributed by atoms with Crippen LogP contribution in [0.3, 0.4) is 0 Å². The summed E-state index contributed by atoms with van der Waals surface area (Å²) in [7, 11) is 0. The molecule has 1 aromatic carbocycles. The third kappa shape index (κ3) is 4.80. The van der Waals surface area contributed by atoms with Crippen molar-refractivity contribution in [1.29, 1.82) is 0 Å². The summed E-state index contributed by atoms with van der Waals surface area (Å²) in [5.41, 5.74) is 1.49. The zero-order valence-corrected chi connectivity index (χ0v) is 14.1. The molecule has 2 rings (SSSR count).